The summed E-state index contributed by atoms with van der Waals surface area (Å²) >= 11 is 3.47. The molecule has 82 valence electrons. The molecule has 1 aliphatic heterocycles. The molecule has 1 unspecified atom stereocenters. The molecule has 2 N–H and O–H groups in total. The smallest absolute Gasteiger partial charge is 0.0371 e. The highest BCUT2D eigenvalue weighted by molar-refractivity contribution is 9.10. The van der Waals surface area contributed by atoms with Crippen molar-refractivity contribution in [3.05, 3.63) is 28.2 Å². The van der Waals surface area contributed by atoms with Gasteiger partial charge in [-0.05, 0) is 50.1 Å². The van der Waals surface area contributed by atoms with E-state index in [-0.39, 0.29) is 0 Å². The van der Waals surface area contributed by atoms with E-state index in [1.807, 2.05) is 0 Å². The summed E-state index contributed by atoms with van der Waals surface area (Å²) in [5.41, 5.74) is 2.54. The molecule has 15 heavy (non-hydrogen) atoms. The van der Waals surface area contributed by atoms with E-state index < -0.39 is 0 Å². The van der Waals surface area contributed by atoms with Crippen LogP contribution in [0.15, 0.2) is 22.7 Å². The molecule has 1 saturated heterocycles. The highest BCUT2D eigenvalue weighted by atomic mass is 79.9. The molecule has 0 radical (unpaired) electrons. The van der Waals surface area contributed by atoms with Gasteiger partial charge in [0.2, 0.25) is 0 Å². The Hall–Kier alpha value is -0.540. The molecule has 1 aliphatic rings. The van der Waals surface area contributed by atoms with Gasteiger partial charge in [0, 0.05) is 22.7 Å². The summed E-state index contributed by atoms with van der Waals surface area (Å²) < 4.78 is 1.14. The first-order valence-corrected chi connectivity index (χ1v) is 6.28. The average Bonchev–Trinajstić information content (AvgIpc) is 2.69. The van der Waals surface area contributed by atoms with E-state index in [0.717, 1.165) is 11.0 Å². The number of aryl methyl sites for hydroxylation is 1. The Morgan fingerprint density at radius 2 is 2.40 bits per heavy atom. The van der Waals surface area contributed by atoms with Gasteiger partial charge in [0.25, 0.3) is 0 Å². The second-order valence-electron chi connectivity index (χ2n) is 4.13. The first-order valence-electron chi connectivity index (χ1n) is 5.49. The van der Waals surface area contributed by atoms with Gasteiger partial charge < -0.3 is 10.6 Å². The molecule has 0 amide bonds. The number of benzene rings is 1. The van der Waals surface area contributed by atoms with Crippen molar-refractivity contribution in [2.75, 3.05) is 18.4 Å². The van der Waals surface area contributed by atoms with E-state index >= 15 is 0 Å². The van der Waals surface area contributed by atoms with Crippen molar-refractivity contribution in [3.63, 3.8) is 0 Å². The summed E-state index contributed by atoms with van der Waals surface area (Å²) in [6, 6.07) is 7.00. The largest absolute Gasteiger partial charge is 0.383 e. The molecule has 1 heterocycles. The minimum Gasteiger partial charge on any atom is -0.383 e. The standard InChI is InChI=1S/C12H17BrN2/c1-9-7-10(13)4-5-12(9)15-8-11-3-2-6-14-11/h4-5,7,11,14-15H,2-3,6,8H2,1H3. The lowest BCUT2D eigenvalue weighted by Gasteiger charge is -2.14. The zero-order chi connectivity index (χ0) is 10.7. The Balaban J connectivity index is 1.92. The van der Waals surface area contributed by atoms with Gasteiger partial charge in [-0.1, -0.05) is 15.9 Å². The van der Waals surface area contributed by atoms with Gasteiger partial charge in [-0.15, -0.1) is 0 Å². The van der Waals surface area contributed by atoms with Crippen LogP contribution in [0.4, 0.5) is 5.69 Å². The Bertz CT molecular complexity index is 332. The van der Waals surface area contributed by atoms with Crippen LogP contribution in [0.1, 0.15) is 18.4 Å². The third-order valence-corrected chi connectivity index (χ3v) is 3.38. The molecule has 1 aromatic rings. The summed E-state index contributed by atoms with van der Waals surface area (Å²) in [7, 11) is 0. The lowest BCUT2D eigenvalue weighted by Crippen LogP contribution is -2.29. The van der Waals surface area contributed by atoms with Crippen molar-refractivity contribution in [2.24, 2.45) is 0 Å². The van der Waals surface area contributed by atoms with E-state index in [9.17, 15) is 0 Å². The Labute approximate surface area is 99.6 Å². The summed E-state index contributed by atoms with van der Waals surface area (Å²) in [5.74, 6) is 0. The minimum absolute atomic E-state index is 0.646. The van der Waals surface area contributed by atoms with E-state index in [1.165, 1.54) is 30.6 Å². The van der Waals surface area contributed by atoms with Crippen molar-refractivity contribution >= 4 is 21.6 Å². The average molecular weight is 269 g/mol. The van der Waals surface area contributed by atoms with Crippen LogP contribution in [-0.2, 0) is 0 Å². The molecule has 2 nitrogen and oxygen atoms in total. The van der Waals surface area contributed by atoms with Gasteiger partial charge in [-0.2, -0.15) is 0 Å². The molecule has 1 fully saturated rings. The number of rotatable bonds is 3. The van der Waals surface area contributed by atoms with Gasteiger partial charge in [0.05, 0.1) is 0 Å². The van der Waals surface area contributed by atoms with Gasteiger partial charge >= 0.3 is 0 Å². The summed E-state index contributed by atoms with van der Waals surface area (Å²) in [4.78, 5) is 0. The first kappa shape index (κ1) is 11.0. The summed E-state index contributed by atoms with van der Waals surface area (Å²) in [6.07, 6.45) is 2.61. The molecule has 2 rings (SSSR count). The maximum Gasteiger partial charge on any atom is 0.0371 e. The maximum absolute atomic E-state index is 3.50. The van der Waals surface area contributed by atoms with E-state index in [2.05, 4.69) is 51.7 Å². The third kappa shape index (κ3) is 2.95. The number of hydrogen-bond acceptors (Lipinski definition) is 2. The highest BCUT2D eigenvalue weighted by Crippen LogP contribution is 2.20. The normalized spacial score (nSPS) is 20.5. The van der Waals surface area contributed by atoms with Crippen LogP contribution in [0.2, 0.25) is 0 Å². The van der Waals surface area contributed by atoms with Gasteiger partial charge in [-0.3, -0.25) is 0 Å². The zero-order valence-corrected chi connectivity index (χ0v) is 10.6. The molecular formula is C12H17BrN2. The van der Waals surface area contributed by atoms with Crippen LogP contribution >= 0.6 is 15.9 Å². The predicted octanol–water partition coefficient (Wildman–Crippen LogP) is 2.92. The fourth-order valence-corrected chi connectivity index (χ4v) is 2.47. The molecule has 1 atom stereocenters. The molecule has 3 heteroatoms. The number of nitrogens with one attached hydrogen (secondary N) is 2. The molecule has 0 aliphatic carbocycles. The first-order chi connectivity index (χ1) is 7.25. The Morgan fingerprint density at radius 1 is 1.53 bits per heavy atom. The SMILES string of the molecule is Cc1cc(Br)ccc1NCC1CCCN1. The van der Waals surface area contributed by atoms with Gasteiger partial charge in [0.15, 0.2) is 0 Å². The third-order valence-electron chi connectivity index (χ3n) is 2.89. The van der Waals surface area contributed by atoms with Gasteiger partial charge in [-0.25, -0.2) is 0 Å². The Morgan fingerprint density at radius 3 is 3.07 bits per heavy atom. The van der Waals surface area contributed by atoms with E-state index in [4.69, 9.17) is 0 Å². The summed E-state index contributed by atoms with van der Waals surface area (Å²) in [6.45, 7) is 4.34. The van der Waals surface area contributed by atoms with Crippen LogP contribution in [0.5, 0.6) is 0 Å². The van der Waals surface area contributed by atoms with E-state index in [0.29, 0.717) is 6.04 Å². The van der Waals surface area contributed by atoms with Crippen molar-refractivity contribution in [2.45, 2.75) is 25.8 Å². The molecule has 0 bridgehead atoms. The van der Waals surface area contributed by atoms with Crippen LogP contribution in [-0.4, -0.2) is 19.1 Å². The zero-order valence-electron chi connectivity index (χ0n) is 9.02. The second-order valence-corrected chi connectivity index (χ2v) is 5.05. The summed E-state index contributed by atoms with van der Waals surface area (Å²) in [5, 5.41) is 6.98. The van der Waals surface area contributed by atoms with Crippen LogP contribution in [0.3, 0.4) is 0 Å². The molecule has 0 saturated carbocycles. The monoisotopic (exact) mass is 268 g/mol. The molecular weight excluding hydrogens is 252 g/mol. The van der Waals surface area contributed by atoms with E-state index in [1.54, 1.807) is 0 Å². The van der Waals surface area contributed by atoms with Crippen molar-refractivity contribution in [1.29, 1.82) is 0 Å². The topological polar surface area (TPSA) is 24.1 Å². The van der Waals surface area contributed by atoms with Crippen molar-refractivity contribution in [1.82, 2.24) is 5.32 Å². The van der Waals surface area contributed by atoms with Crippen LogP contribution in [0.25, 0.3) is 0 Å². The van der Waals surface area contributed by atoms with Gasteiger partial charge in [0.1, 0.15) is 0 Å². The van der Waals surface area contributed by atoms with Crippen LogP contribution in [0, 0.1) is 6.92 Å². The van der Waals surface area contributed by atoms with Crippen molar-refractivity contribution in [3.8, 4) is 0 Å². The van der Waals surface area contributed by atoms with Crippen LogP contribution < -0.4 is 10.6 Å². The lowest BCUT2D eigenvalue weighted by molar-refractivity contribution is 0.633. The Kier molecular flexibility index (Phi) is 3.65. The lowest BCUT2D eigenvalue weighted by atomic mass is 10.2. The predicted molar refractivity (Wildman–Crippen MR) is 68.4 cm³/mol. The quantitative estimate of drug-likeness (QED) is 0.881. The number of anilines is 1. The number of hydrogen-bond donors (Lipinski definition) is 2. The maximum atomic E-state index is 3.50. The molecule has 0 spiro atoms. The second kappa shape index (κ2) is 4.99. The number of halogens is 1. The fourth-order valence-electron chi connectivity index (χ4n) is 1.99. The molecule has 0 aromatic heterocycles. The molecule has 1 aromatic carbocycles. The van der Waals surface area contributed by atoms with Crippen molar-refractivity contribution < 1.29 is 0 Å². The minimum atomic E-state index is 0.646. The highest BCUT2D eigenvalue weighted by Gasteiger charge is 2.13. The fraction of sp³-hybridized carbons (Fsp3) is 0.500.